The van der Waals surface area contributed by atoms with Crippen molar-refractivity contribution in [3.05, 3.63) is 39.9 Å². The van der Waals surface area contributed by atoms with Gasteiger partial charge in [-0.15, -0.1) is 24.0 Å². The summed E-state index contributed by atoms with van der Waals surface area (Å²) in [4.78, 5) is 17.7. The van der Waals surface area contributed by atoms with Crippen LogP contribution in [0.4, 0.5) is 5.69 Å². The highest BCUT2D eigenvalue weighted by Crippen LogP contribution is 2.14. The van der Waals surface area contributed by atoms with Crippen molar-refractivity contribution in [3.63, 3.8) is 0 Å². The molecule has 2 N–H and O–H groups in total. The Bertz CT molecular complexity index is 687. The summed E-state index contributed by atoms with van der Waals surface area (Å²) in [7, 11) is 0. The molecule has 0 amide bonds. The molecule has 0 saturated carbocycles. The molecule has 2 aliphatic heterocycles. The maximum absolute atomic E-state index is 10.8. The first-order valence-corrected chi connectivity index (χ1v) is 11.3. The quantitative estimate of drug-likeness (QED) is 0.170. The molecule has 0 radical (unpaired) electrons. The maximum atomic E-state index is 10.8. The number of non-ortho nitro benzene ring substituents is 1. The summed E-state index contributed by atoms with van der Waals surface area (Å²) in [5.41, 5.74) is 1.06. The van der Waals surface area contributed by atoms with Gasteiger partial charge in [0.15, 0.2) is 5.96 Å². The van der Waals surface area contributed by atoms with Gasteiger partial charge >= 0.3 is 0 Å². The largest absolute Gasteiger partial charge is 0.376 e. The topological polar surface area (TPSA) is 92.0 Å². The van der Waals surface area contributed by atoms with Crippen LogP contribution in [0.3, 0.4) is 0 Å². The van der Waals surface area contributed by atoms with Crippen LogP contribution in [0.25, 0.3) is 0 Å². The number of likely N-dealkylation sites (tertiary alicyclic amines) is 1. The van der Waals surface area contributed by atoms with Gasteiger partial charge in [0.1, 0.15) is 0 Å². The van der Waals surface area contributed by atoms with Gasteiger partial charge in [-0.1, -0.05) is 19.1 Å². The van der Waals surface area contributed by atoms with Crippen molar-refractivity contribution in [2.45, 2.75) is 64.1 Å². The van der Waals surface area contributed by atoms with E-state index in [9.17, 15) is 10.1 Å². The zero-order valence-electron chi connectivity index (χ0n) is 18.4. The Morgan fingerprint density at radius 3 is 2.58 bits per heavy atom. The normalized spacial score (nSPS) is 20.7. The van der Waals surface area contributed by atoms with E-state index < -0.39 is 0 Å². The van der Waals surface area contributed by atoms with E-state index in [0.29, 0.717) is 12.6 Å². The van der Waals surface area contributed by atoms with Crippen LogP contribution in [0.2, 0.25) is 0 Å². The van der Waals surface area contributed by atoms with Crippen molar-refractivity contribution >= 4 is 35.6 Å². The summed E-state index contributed by atoms with van der Waals surface area (Å²) in [5.74, 6) is 0.802. The fourth-order valence-corrected chi connectivity index (χ4v) is 4.04. The van der Waals surface area contributed by atoms with Crippen molar-refractivity contribution in [2.24, 2.45) is 4.99 Å². The minimum atomic E-state index is -0.378. The Labute approximate surface area is 202 Å². The molecule has 2 fully saturated rings. The monoisotopic (exact) mass is 545 g/mol. The van der Waals surface area contributed by atoms with E-state index in [1.165, 1.54) is 31.5 Å². The molecule has 1 aromatic carbocycles. The fourth-order valence-electron chi connectivity index (χ4n) is 4.04. The molecular formula is C22H36IN5O3. The van der Waals surface area contributed by atoms with Crippen LogP contribution in [-0.2, 0) is 11.3 Å². The summed E-state index contributed by atoms with van der Waals surface area (Å²) in [6.45, 7) is 7.70. The van der Waals surface area contributed by atoms with E-state index in [1.54, 1.807) is 12.1 Å². The molecule has 2 aliphatic rings. The first kappa shape index (κ1) is 25.8. The second-order valence-electron chi connectivity index (χ2n) is 8.22. The van der Waals surface area contributed by atoms with E-state index in [1.807, 2.05) is 0 Å². The van der Waals surface area contributed by atoms with Crippen molar-refractivity contribution < 1.29 is 9.66 Å². The Morgan fingerprint density at radius 2 is 1.97 bits per heavy atom. The smallest absolute Gasteiger partial charge is 0.269 e. The Hall–Kier alpha value is -1.46. The van der Waals surface area contributed by atoms with Gasteiger partial charge in [0, 0.05) is 44.4 Å². The van der Waals surface area contributed by atoms with Crippen molar-refractivity contribution in [3.8, 4) is 0 Å². The number of nitro groups is 1. The summed E-state index contributed by atoms with van der Waals surface area (Å²) in [6, 6.07) is 7.02. The predicted molar refractivity (Wildman–Crippen MR) is 134 cm³/mol. The van der Waals surface area contributed by atoms with Crippen LogP contribution in [-0.4, -0.2) is 60.7 Å². The average molecular weight is 545 g/mol. The average Bonchev–Trinajstić information content (AvgIpc) is 2.78. The number of rotatable bonds is 8. The lowest BCUT2D eigenvalue weighted by molar-refractivity contribution is -0.384. The lowest BCUT2D eigenvalue weighted by Gasteiger charge is -2.33. The van der Waals surface area contributed by atoms with E-state index in [2.05, 4.69) is 22.5 Å². The number of piperidine rings is 1. The minimum absolute atomic E-state index is 0. The fraction of sp³-hybridized carbons (Fsp3) is 0.682. The molecule has 2 heterocycles. The first-order chi connectivity index (χ1) is 14.6. The molecule has 9 heteroatoms. The summed E-state index contributed by atoms with van der Waals surface area (Å²) < 4.78 is 5.84. The van der Waals surface area contributed by atoms with Gasteiger partial charge in [-0.3, -0.25) is 10.1 Å². The first-order valence-electron chi connectivity index (χ1n) is 11.3. The predicted octanol–water partition coefficient (Wildman–Crippen LogP) is 3.69. The van der Waals surface area contributed by atoms with E-state index >= 15 is 0 Å². The van der Waals surface area contributed by atoms with Crippen LogP contribution >= 0.6 is 24.0 Å². The highest BCUT2D eigenvalue weighted by atomic mass is 127. The third kappa shape index (κ3) is 8.89. The van der Waals surface area contributed by atoms with Gasteiger partial charge in [-0.2, -0.15) is 0 Å². The molecule has 0 bridgehead atoms. The molecule has 1 unspecified atom stereocenters. The Balaban J connectivity index is 0.00000341. The van der Waals surface area contributed by atoms with Gasteiger partial charge in [-0.05, 0) is 50.6 Å². The number of nitrogens with one attached hydrogen (secondary N) is 2. The maximum Gasteiger partial charge on any atom is 0.269 e. The third-order valence-corrected chi connectivity index (χ3v) is 5.81. The van der Waals surface area contributed by atoms with Gasteiger partial charge < -0.3 is 20.3 Å². The number of ether oxygens (including phenoxy) is 1. The number of nitrogens with zero attached hydrogens (tertiary/aromatic N) is 3. The molecule has 174 valence electrons. The van der Waals surface area contributed by atoms with Crippen LogP contribution < -0.4 is 10.6 Å². The zero-order chi connectivity index (χ0) is 21.2. The van der Waals surface area contributed by atoms with Gasteiger partial charge in [0.05, 0.1) is 17.6 Å². The van der Waals surface area contributed by atoms with Gasteiger partial charge in [-0.25, -0.2) is 4.99 Å². The number of aliphatic imine (C=N–C) groups is 1. The van der Waals surface area contributed by atoms with E-state index in [4.69, 9.17) is 9.73 Å². The number of hydrogen-bond acceptors (Lipinski definition) is 5. The molecule has 0 spiro atoms. The Kier molecular flexibility index (Phi) is 11.5. The van der Waals surface area contributed by atoms with Crippen LogP contribution in [0.15, 0.2) is 29.3 Å². The molecule has 3 rings (SSSR count). The van der Waals surface area contributed by atoms with Crippen molar-refractivity contribution in [1.29, 1.82) is 0 Å². The number of guanidine groups is 1. The van der Waals surface area contributed by atoms with E-state index in [0.717, 1.165) is 63.4 Å². The number of nitro benzene ring substituents is 1. The van der Waals surface area contributed by atoms with Crippen LogP contribution in [0, 0.1) is 10.1 Å². The minimum Gasteiger partial charge on any atom is -0.376 e. The summed E-state index contributed by atoms with van der Waals surface area (Å²) in [6.07, 6.45) is 7.09. The van der Waals surface area contributed by atoms with Crippen LogP contribution in [0.1, 0.15) is 51.0 Å². The summed E-state index contributed by atoms with van der Waals surface area (Å²) in [5, 5.41) is 17.9. The SMILES string of the molecule is CCCN1CCC(NC(=NCc2ccc([N+](=O)[O-])cc2)NCC2CCCCO2)CC1.I. The Morgan fingerprint density at radius 1 is 1.23 bits per heavy atom. The molecule has 31 heavy (non-hydrogen) atoms. The highest BCUT2D eigenvalue weighted by Gasteiger charge is 2.20. The molecular weight excluding hydrogens is 509 g/mol. The number of hydrogen-bond donors (Lipinski definition) is 2. The number of halogens is 1. The van der Waals surface area contributed by atoms with Crippen molar-refractivity contribution in [2.75, 3.05) is 32.8 Å². The second-order valence-corrected chi connectivity index (χ2v) is 8.22. The lowest BCUT2D eigenvalue weighted by atomic mass is 10.1. The van der Waals surface area contributed by atoms with E-state index in [-0.39, 0.29) is 40.7 Å². The van der Waals surface area contributed by atoms with Gasteiger partial charge in [0.2, 0.25) is 0 Å². The van der Waals surface area contributed by atoms with Crippen molar-refractivity contribution in [1.82, 2.24) is 15.5 Å². The molecule has 1 atom stereocenters. The molecule has 0 aliphatic carbocycles. The second kappa shape index (κ2) is 13.8. The molecule has 0 aromatic heterocycles. The zero-order valence-corrected chi connectivity index (χ0v) is 20.8. The van der Waals surface area contributed by atoms with Crippen LogP contribution in [0.5, 0.6) is 0 Å². The summed E-state index contributed by atoms with van der Waals surface area (Å²) >= 11 is 0. The molecule has 8 nitrogen and oxygen atoms in total. The molecule has 2 saturated heterocycles. The highest BCUT2D eigenvalue weighted by molar-refractivity contribution is 14.0. The molecule has 1 aromatic rings. The lowest BCUT2D eigenvalue weighted by Crippen LogP contribution is -2.50. The number of benzene rings is 1. The van der Waals surface area contributed by atoms with Gasteiger partial charge in [0.25, 0.3) is 5.69 Å². The standard InChI is InChI=1S/C22H35N5O3.HI/c1-2-12-26-13-10-19(11-14-26)25-22(24-17-21-5-3-4-15-30-21)23-16-18-6-8-20(9-7-18)27(28)29;/h6-9,19,21H,2-5,10-17H2,1H3,(H2,23,24,25);1H. The third-order valence-electron chi connectivity index (χ3n) is 5.81.